The van der Waals surface area contributed by atoms with E-state index in [1.165, 1.54) is 50.7 Å². The number of likely N-dealkylation sites (tertiary alicyclic amines) is 1. The summed E-state index contributed by atoms with van der Waals surface area (Å²) in [4.78, 5) is 2.53. The largest absolute Gasteiger partial charge is 0.416 e. The van der Waals surface area contributed by atoms with Crippen LogP contribution in [0.4, 0.5) is 13.2 Å². The standard InChI is InChI=1S/C22H32F3N/c1-17-4-2-5-18(9-8-17)10-13-26-14-11-19(12-15-26)20-6-3-7-21(16-20)22(23,24)25/h3,6-7,16-19H,2,4-5,8-15H2,1H3/t17?,18-/m1/s1. The Kier molecular flexibility index (Phi) is 6.65. The highest BCUT2D eigenvalue weighted by atomic mass is 19.4. The van der Waals surface area contributed by atoms with Crippen molar-refractivity contribution in [2.24, 2.45) is 11.8 Å². The lowest BCUT2D eigenvalue weighted by atomic mass is 9.88. The predicted octanol–water partition coefficient (Wildman–Crippen LogP) is 6.49. The molecule has 1 aromatic carbocycles. The Morgan fingerprint density at radius 2 is 1.77 bits per heavy atom. The molecule has 0 radical (unpaired) electrons. The Hall–Kier alpha value is -1.03. The van der Waals surface area contributed by atoms with Crippen molar-refractivity contribution in [3.8, 4) is 0 Å². The Morgan fingerprint density at radius 3 is 2.50 bits per heavy atom. The fourth-order valence-corrected chi connectivity index (χ4v) is 4.68. The van der Waals surface area contributed by atoms with E-state index in [1.807, 2.05) is 6.07 Å². The quantitative estimate of drug-likeness (QED) is 0.550. The summed E-state index contributed by atoms with van der Waals surface area (Å²) in [6, 6.07) is 5.94. The molecule has 1 aliphatic carbocycles. The van der Waals surface area contributed by atoms with E-state index >= 15 is 0 Å². The summed E-state index contributed by atoms with van der Waals surface area (Å²) in [6.07, 6.45) is 5.90. The molecule has 1 saturated carbocycles. The number of hydrogen-bond donors (Lipinski definition) is 0. The van der Waals surface area contributed by atoms with Gasteiger partial charge in [-0.15, -0.1) is 0 Å². The molecule has 146 valence electrons. The average Bonchev–Trinajstić information content (AvgIpc) is 2.84. The van der Waals surface area contributed by atoms with Crippen LogP contribution in [0.1, 0.15) is 75.3 Å². The van der Waals surface area contributed by atoms with Crippen LogP contribution in [0, 0.1) is 11.8 Å². The van der Waals surface area contributed by atoms with E-state index in [9.17, 15) is 13.2 Å². The molecular weight excluding hydrogens is 335 g/mol. The minimum atomic E-state index is -4.24. The SMILES string of the molecule is CC1CCC[C@@H](CCN2CCC(c3cccc(C(F)(F)F)c3)CC2)CC1. The minimum absolute atomic E-state index is 0.271. The van der Waals surface area contributed by atoms with Gasteiger partial charge in [0.25, 0.3) is 0 Å². The number of piperidine rings is 1. The van der Waals surface area contributed by atoms with Crippen LogP contribution in [-0.2, 0) is 6.18 Å². The van der Waals surface area contributed by atoms with Crippen LogP contribution < -0.4 is 0 Å². The molecule has 2 aliphatic rings. The molecule has 1 aliphatic heterocycles. The van der Waals surface area contributed by atoms with Gasteiger partial charge in [0, 0.05) is 0 Å². The van der Waals surface area contributed by atoms with E-state index in [2.05, 4.69) is 11.8 Å². The van der Waals surface area contributed by atoms with Gasteiger partial charge < -0.3 is 4.90 Å². The first-order chi connectivity index (χ1) is 12.4. The molecule has 0 N–H and O–H groups in total. The molecule has 26 heavy (non-hydrogen) atoms. The van der Waals surface area contributed by atoms with Crippen molar-refractivity contribution >= 4 is 0 Å². The van der Waals surface area contributed by atoms with E-state index in [0.29, 0.717) is 0 Å². The number of nitrogens with zero attached hydrogens (tertiary/aromatic N) is 1. The van der Waals surface area contributed by atoms with Crippen molar-refractivity contribution in [2.75, 3.05) is 19.6 Å². The maximum Gasteiger partial charge on any atom is 0.416 e. The highest BCUT2D eigenvalue weighted by molar-refractivity contribution is 5.28. The zero-order valence-corrected chi connectivity index (χ0v) is 15.9. The van der Waals surface area contributed by atoms with Crippen molar-refractivity contribution in [1.82, 2.24) is 4.90 Å². The lowest BCUT2D eigenvalue weighted by Crippen LogP contribution is -2.34. The maximum absolute atomic E-state index is 12.9. The molecule has 2 atom stereocenters. The predicted molar refractivity (Wildman–Crippen MR) is 100 cm³/mol. The van der Waals surface area contributed by atoms with E-state index in [4.69, 9.17) is 0 Å². The van der Waals surface area contributed by atoms with Crippen LogP contribution in [0.25, 0.3) is 0 Å². The number of benzene rings is 1. The Labute approximate surface area is 156 Å². The first kappa shape index (κ1) is 19.7. The highest BCUT2D eigenvalue weighted by Crippen LogP contribution is 2.34. The van der Waals surface area contributed by atoms with E-state index in [1.54, 1.807) is 6.07 Å². The van der Waals surface area contributed by atoms with Crippen LogP contribution in [-0.4, -0.2) is 24.5 Å². The normalized spacial score (nSPS) is 26.6. The van der Waals surface area contributed by atoms with Gasteiger partial charge in [-0.2, -0.15) is 13.2 Å². The van der Waals surface area contributed by atoms with Gasteiger partial charge in [-0.05, 0) is 68.3 Å². The van der Waals surface area contributed by atoms with Gasteiger partial charge in [-0.25, -0.2) is 0 Å². The molecule has 4 heteroatoms. The van der Waals surface area contributed by atoms with Crippen LogP contribution in [0.5, 0.6) is 0 Å². The lowest BCUT2D eigenvalue weighted by molar-refractivity contribution is -0.137. The monoisotopic (exact) mass is 367 g/mol. The summed E-state index contributed by atoms with van der Waals surface area (Å²) < 4.78 is 38.8. The highest BCUT2D eigenvalue weighted by Gasteiger charge is 2.31. The third kappa shape index (κ3) is 5.48. The first-order valence-electron chi connectivity index (χ1n) is 10.3. The third-order valence-corrected chi connectivity index (χ3v) is 6.50. The Bertz CT molecular complexity index is 561. The maximum atomic E-state index is 12.9. The molecule has 0 aromatic heterocycles. The Morgan fingerprint density at radius 1 is 1.00 bits per heavy atom. The molecular formula is C22H32F3N. The topological polar surface area (TPSA) is 3.24 Å². The smallest absolute Gasteiger partial charge is 0.303 e. The number of hydrogen-bond acceptors (Lipinski definition) is 1. The summed E-state index contributed by atoms with van der Waals surface area (Å²) in [5, 5.41) is 0. The van der Waals surface area contributed by atoms with Crippen molar-refractivity contribution in [2.45, 2.75) is 70.4 Å². The molecule has 1 aromatic rings. The second kappa shape index (κ2) is 8.77. The van der Waals surface area contributed by atoms with Crippen LogP contribution >= 0.6 is 0 Å². The average molecular weight is 367 g/mol. The van der Waals surface area contributed by atoms with Crippen molar-refractivity contribution in [3.05, 3.63) is 35.4 Å². The third-order valence-electron chi connectivity index (χ3n) is 6.50. The first-order valence-corrected chi connectivity index (χ1v) is 10.3. The van der Waals surface area contributed by atoms with Crippen molar-refractivity contribution in [1.29, 1.82) is 0 Å². The molecule has 1 unspecified atom stereocenters. The summed E-state index contributed by atoms with van der Waals surface area (Å²) in [6.45, 7) is 5.57. The number of halogens is 3. The van der Waals surface area contributed by atoms with Gasteiger partial charge in [0.15, 0.2) is 0 Å². The zero-order chi connectivity index (χ0) is 18.6. The Balaban J connectivity index is 1.46. The molecule has 0 amide bonds. The second-order valence-corrected chi connectivity index (χ2v) is 8.51. The van der Waals surface area contributed by atoms with Crippen molar-refractivity contribution in [3.63, 3.8) is 0 Å². The lowest BCUT2D eigenvalue weighted by Gasteiger charge is -2.33. The van der Waals surface area contributed by atoms with Gasteiger partial charge >= 0.3 is 6.18 Å². The minimum Gasteiger partial charge on any atom is -0.303 e. The molecule has 3 rings (SSSR count). The van der Waals surface area contributed by atoms with Gasteiger partial charge in [0.05, 0.1) is 5.56 Å². The molecule has 2 fully saturated rings. The molecule has 1 heterocycles. The van der Waals surface area contributed by atoms with Crippen molar-refractivity contribution < 1.29 is 13.2 Å². The van der Waals surface area contributed by atoms with Crippen LogP contribution in [0.15, 0.2) is 24.3 Å². The molecule has 0 spiro atoms. The summed E-state index contributed by atoms with van der Waals surface area (Å²) >= 11 is 0. The molecule has 1 nitrogen and oxygen atoms in total. The van der Waals surface area contributed by atoms with E-state index in [0.717, 1.165) is 49.9 Å². The second-order valence-electron chi connectivity index (χ2n) is 8.51. The number of rotatable bonds is 4. The fourth-order valence-electron chi connectivity index (χ4n) is 4.68. The van der Waals surface area contributed by atoms with Crippen LogP contribution in [0.2, 0.25) is 0 Å². The van der Waals surface area contributed by atoms with Gasteiger partial charge in [-0.3, -0.25) is 0 Å². The van der Waals surface area contributed by atoms with Gasteiger partial charge in [-0.1, -0.05) is 57.2 Å². The number of alkyl halides is 3. The van der Waals surface area contributed by atoms with E-state index in [-0.39, 0.29) is 5.92 Å². The van der Waals surface area contributed by atoms with E-state index < -0.39 is 11.7 Å². The van der Waals surface area contributed by atoms with Crippen LogP contribution in [0.3, 0.4) is 0 Å². The van der Waals surface area contributed by atoms with Gasteiger partial charge in [0.2, 0.25) is 0 Å². The summed E-state index contributed by atoms with van der Waals surface area (Å²) in [5.74, 6) is 2.04. The summed E-state index contributed by atoms with van der Waals surface area (Å²) in [5.41, 5.74) is 0.345. The molecule has 1 saturated heterocycles. The summed E-state index contributed by atoms with van der Waals surface area (Å²) in [7, 11) is 0. The fraction of sp³-hybridized carbons (Fsp3) is 0.727. The zero-order valence-electron chi connectivity index (χ0n) is 15.9. The van der Waals surface area contributed by atoms with Gasteiger partial charge in [0.1, 0.15) is 0 Å². The molecule has 0 bridgehead atoms.